The quantitative estimate of drug-likeness (QED) is 0.269. The molecular formula is C22H32N8O. The number of nitrogens with zero attached hydrogens (tertiary/aromatic N) is 5. The summed E-state index contributed by atoms with van der Waals surface area (Å²) < 4.78 is 5.70. The van der Waals surface area contributed by atoms with Gasteiger partial charge >= 0.3 is 0 Å². The SMILES string of the molecule is C=NN(C)/N=C\CCNc1cc(-c2cccnc2OCC)nc(C(C)=N)c1NC(C)C. The van der Waals surface area contributed by atoms with Crippen LogP contribution in [0.25, 0.3) is 11.3 Å². The highest BCUT2D eigenvalue weighted by Gasteiger charge is 2.18. The van der Waals surface area contributed by atoms with Crippen LogP contribution in [-0.2, 0) is 0 Å². The molecule has 0 radical (unpaired) electrons. The molecule has 9 heteroatoms. The standard InChI is InChI=1S/C22H32N8O/c1-7-31-22-17(10-8-11-26-22)18-14-19(25-12-9-13-27-30(6)24-5)21(28-15(2)3)20(29-18)16(4)23/h8,10-11,13-15,23,28H,5,7,9,12H2,1-4,6H3,(H,25,29)/b23-16?,27-13-. The number of hydrogen-bond donors (Lipinski definition) is 3. The lowest BCUT2D eigenvalue weighted by molar-refractivity contribution is 0.328. The molecule has 31 heavy (non-hydrogen) atoms. The van der Waals surface area contributed by atoms with Crippen LogP contribution in [-0.4, -0.2) is 60.0 Å². The van der Waals surface area contributed by atoms with Crippen molar-refractivity contribution in [3.63, 3.8) is 0 Å². The van der Waals surface area contributed by atoms with E-state index >= 15 is 0 Å². The van der Waals surface area contributed by atoms with Gasteiger partial charge in [-0.3, -0.25) is 0 Å². The first-order valence-corrected chi connectivity index (χ1v) is 10.3. The van der Waals surface area contributed by atoms with E-state index in [0.717, 1.165) is 16.9 Å². The minimum Gasteiger partial charge on any atom is -0.477 e. The van der Waals surface area contributed by atoms with Gasteiger partial charge in [0, 0.05) is 45.2 Å². The fourth-order valence-electron chi connectivity index (χ4n) is 2.85. The van der Waals surface area contributed by atoms with Crippen molar-refractivity contribution in [3.8, 4) is 17.1 Å². The highest BCUT2D eigenvalue weighted by atomic mass is 16.5. The summed E-state index contributed by atoms with van der Waals surface area (Å²) in [5.41, 5.74) is 4.09. The third-order valence-electron chi connectivity index (χ3n) is 4.18. The Balaban J connectivity index is 2.46. The number of aromatic nitrogens is 2. The fraction of sp³-hybridized carbons (Fsp3) is 0.409. The second-order valence-corrected chi connectivity index (χ2v) is 7.14. The number of hydrogen-bond acceptors (Lipinski definition) is 9. The van der Waals surface area contributed by atoms with Crippen LogP contribution in [0.4, 0.5) is 11.4 Å². The Labute approximate surface area is 184 Å². The van der Waals surface area contributed by atoms with Gasteiger partial charge in [0.25, 0.3) is 0 Å². The van der Waals surface area contributed by atoms with Crippen molar-refractivity contribution in [1.29, 1.82) is 5.41 Å². The van der Waals surface area contributed by atoms with Crippen LogP contribution in [0.15, 0.2) is 34.6 Å². The Morgan fingerprint density at radius 2 is 2.19 bits per heavy atom. The maximum Gasteiger partial charge on any atom is 0.222 e. The Morgan fingerprint density at radius 1 is 1.42 bits per heavy atom. The third-order valence-corrected chi connectivity index (χ3v) is 4.18. The zero-order valence-corrected chi connectivity index (χ0v) is 18.9. The third kappa shape index (κ3) is 6.77. The zero-order chi connectivity index (χ0) is 22.8. The molecule has 2 aromatic rings. The second-order valence-electron chi connectivity index (χ2n) is 7.14. The van der Waals surface area contributed by atoms with Crippen molar-refractivity contribution < 1.29 is 4.74 Å². The van der Waals surface area contributed by atoms with Crippen molar-refractivity contribution in [1.82, 2.24) is 15.1 Å². The van der Waals surface area contributed by atoms with E-state index in [1.165, 1.54) is 5.12 Å². The van der Waals surface area contributed by atoms with E-state index in [9.17, 15) is 0 Å². The van der Waals surface area contributed by atoms with Gasteiger partial charge in [0.1, 0.15) is 5.69 Å². The Kier molecular flexibility index (Phi) is 8.93. The molecule has 0 spiro atoms. The number of rotatable bonds is 12. The molecule has 0 unspecified atom stereocenters. The Hall–Kier alpha value is -3.49. The summed E-state index contributed by atoms with van der Waals surface area (Å²) in [6.45, 7) is 12.3. The van der Waals surface area contributed by atoms with Crippen molar-refractivity contribution in [2.75, 3.05) is 30.8 Å². The van der Waals surface area contributed by atoms with Crippen LogP contribution in [0.5, 0.6) is 5.88 Å². The molecule has 0 aliphatic carbocycles. The summed E-state index contributed by atoms with van der Waals surface area (Å²) in [6, 6.07) is 5.92. The molecule has 0 bridgehead atoms. The molecule has 0 aliphatic heterocycles. The summed E-state index contributed by atoms with van der Waals surface area (Å²) in [4.78, 5) is 9.12. The Bertz CT molecular complexity index is 926. The second kappa shape index (κ2) is 11.6. The molecule has 0 aliphatic rings. The van der Waals surface area contributed by atoms with Crippen molar-refractivity contribution in [2.24, 2.45) is 10.2 Å². The molecule has 2 aromatic heterocycles. The van der Waals surface area contributed by atoms with Crippen molar-refractivity contribution >= 4 is 30.0 Å². The predicted octanol–water partition coefficient (Wildman–Crippen LogP) is 4.09. The smallest absolute Gasteiger partial charge is 0.222 e. The van der Waals surface area contributed by atoms with Crippen LogP contribution in [0, 0.1) is 5.41 Å². The summed E-state index contributed by atoms with van der Waals surface area (Å²) in [5.74, 6) is 0.522. The average Bonchev–Trinajstić information content (AvgIpc) is 2.74. The summed E-state index contributed by atoms with van der Waals surface area (Å²) in [5, 5.41) is 24.4. The highest BCUT2D eigenvalue weighted by molar-refractivity contribution is 6.03. The van der Waals surface area contributed by atoms with Crippen molar-refractivity contribution in [2.45, 2.75) is 40.2 Å². The minimum atomic E-state index is 0.178. The molecule has 2 rings (SSSR count). The number of ether oxygens (including phenoxy) is 1. The molecule has 9 nitrogen and oxygen atoms in total. The van der Waals surface area contributed by atoms with Crippen LogP contribution in [0.1, 0.15) is 39.8 Å². The molecule has 166 valence electrons. The number of anilines is 2. The first-order chi connectivity index (χ1) is 14.9. The van der Waals surface area contributed by atoms with Gasteiger partial charge in [0.15, 0.2) is 0 Å². The lowest BCUT2D eigenvalue weighted by atomic mass is 10.1. The molecule has 0 amide bonds. The van der Waals surface area contributed by atoms with E-state index in [1.54, 1.807) is 26.4 Å². The maximum absolute atomic E-state index is 8.30. The van der Waals surface area contributed by atoms with Crippen LogP contribution in [0.2, 0.25) is 0 Å². The van der Waals surface area contributed by atoms with Gasteiger partial charge in [-0.05, 0) is 45.9 Å². The van der Waals surface area contributed by atoms with Crippen molar-refractivity contribution in [3.05, 3.63) is 30.1 Å². The molecule has 0 atom stereocenters. The van der Waals surface area contributed by atoms with Gasteiger partial charge in [-0.15, -0.1) is 0 Å². The van der Waals surface area contributed by atoms with Gasteiger partial charge in [0.2, 0.25) is 5.88 Å². The Morgan fingerprint density at radius 3 is 2.84 bits per heavy atom. The molecule has 2 heterocycles. The minimum absolute atomic E-state index is 0.178. The molecule has 0 fully saturated rings. The molecule has 0 saturated carbocycles. The van der Waals surface area contributed by atoms with E-state index in [2.05, 4.69) is 46.4 Å². The molecule has 3 N–H and O–H groups in total. The van der Waals surface area contributed by atoms with Gasteiger partial charge in [0.05, 0.1) is 35.0 Å². The van der Waals surface area contributed by atoms with E-state index in [0.29, 0.717) is 42.6 Å². The molecule has 0 aromatic carbocycles. The first-order valence-electron chi connectivity index (χ1n) is 10.3. The fourth-order valence-corrected chi connectivity index (χ4v) is 2.85. The van der Waals surface area contributed by atoms with Gasteiger partial charge in [-0.25, -0.2) is 9.97 Å². The molecule has 0 saturated heterocycles. The number of pyridine rings is 2. The van der Waals surface area contributed by atoms with E-state index < -0.39 is 0 Å². The summed E-state index contributed by atoms with van der Waals surface area (Å²) >= 11 is 0. The largest absolute Gasteiger partial charge is 0.477 e. The average molecular weight is 425 g/mol. The first kappa shape index (κ1) is 23.8. The lowest BCUT2D eigenvalue weighted by Gasteiger charge is -2.21. The summed E-state index contributed by atoms with van der Waals surface area (Å²) in [6.07, 6.45) is 4.16. The van der Waals surface area contributed by atoms with Crippen LogP contribution in [0.3, 0.4) is 0 Å². The van der Waals surface area contributed by atoms with E-state index in [4.69, 9.17) is 15.1 Å². The maximum atomic E-state index is 8.30. The normalized spacial score (nSPS) is 10.9. The van der Waals surface area contributed by atoms with Crippen LogP contribution >= 0.6 is 0 Å². The highest BCUT2D eigenvalue weighted by Crippen LogP contribution is 2.34. The van der Waals surface area contributed by atoms with Gasteiger partial charge in [-0.2, -0.15) is 15.3 Å². The molecular weight excluding hydrogens is 392 g/mol. The topological polar surface area (TPSA) is 111 Å². The van der Waals surface area contributed by atoms with Gasteiger partial charge < -0.3 is 20.8 Å². The van der Waals surface area contributed by atoms with Crippen LogP contribution < -0.4 is 15.4 Å². The zero-order valence-electron chi connectivity index (χ0n) is 18.9. The van der Waals surface area contributed by atoms with E-state index in [1.807, 2.05) is 25.1 Å². The van der Waals surface area contributed by atoms with E-state index in [-0.39, 0.29) is 6.04 Å². The lowest BCUT2D eigenvalue weighted by Crippen LogP contribution is -2.17. The predicted molar refractivity (Wildman–Crippen MR) is 129 cm³/mol. The number of hydrazone groups is 2. The monoisotopic (exact) mass is 424 g/mol. The number of nitrogens with one attached hydrogen (secondary N) is 3. The van der Waals surface area contributed by atoms with Gasteiger partial charge in [-0.1, -0.05) is 0 Å². The summed E-state index contributed by atoms with van der Waals surface area (Å²) in [7, 11) is 1.72.